The number of anilines is 1. The Morgan fingerprint density at radius 3 is 2.50 bits per heavy atom. The van der Waals surface area contributed by atoms with E-state index in [1.54, 1.807) is 12.1 Å². The number of nitrogens with zero attached hydrogens (tertiary/aromatic N) is 1. The molecule has 0 aromatic heterocycles. The summed E-state index contributed by atoms with van der Waals surface area (Å²) in [5.74, 6) is 0.0988. The number of ether oxygens (including phenoxy) is 1. The second-order valence-corrected chi connectivity index (χ2v) is 5.38. The minimum atomic E-state index is -0.273. The van der Waals surface area contributed by atoms with Gasteiger partial charge in [0.05, 0.1) is 16.7 Å². The van der Waals surface area contributed by atoms with Gasteiger partial charge in [-0.05, 0) is 55.3 Å². The first-order valence-corrected chi connectivity index (χ1v) is 7.06. The minimum absolute atomic E-state index is 0.154. The average Bonchev–Trinajstić information content (AvgIpc) is 2.44. The lowest BCUT2D eigenvalue weighted by atomic mass is 10.1. The highest BCUT2D eigenvalue weighted by Crippen LogP contribution is 2.25. The Balaban J connectivity index is 1.97. The lowest BCUT2D eigenvalue weighted by molar-refractivity contribution is -0.118. The Labute approximate surface area is 134 Å². The van der Waals surface area contributed by atoms with Gasteiger partial charge < -0.3 is 10.1 Å². The molecule has 0 unspecified atom stereocenters. The zero-order chi connectivity index (χ0) is 16.1. The first-order valence-electron chi connectivity index (χ1n) is 6.68. The topological polar surface area (TPSA) is 62.1 Å². The van der Waals surface area contributed by atoms with Gasteiger partial charge in [0.25, 0.3) is 5.91 Å². The summed E-state index contributed by atoms with van der Waals surface area (Å²) in [4.78, 5) is 11.9. The van der Waals surface area contributed by atoms with E-state index in [0.29, 0.717) is 16.3 Å². The Bertz CT molecular complexity index is 731. The van der Waals surface area contributed by atoms with E-state index in [2.05, 4.69) is 5.32 Å². The summed E-state index contributed by atoms with van der Waals surface area (Å²) in [6.45, 7) is 3.78. The second kappa shape index (κ2) is 6.97. The maximum Gasteiger partial charge on any atom is 0.262 e. The van der Waals surface area contributed by atoms with Crippen molar-refractivity contribution in [3.05, 3.63) is 58.1 Å². The molecule has 0 radical (unpaired) electrons. The molecule has 0 saturated carbocycles. The zero-order valence-corrected chi connectivity index (χ0v) is 13.1. The van der Waals surface area contributed by atoms with Gasteiger partial charge in [-0.2, -0.15) is 5.26 Å². The molecule has 0 spiro atoms. The molecule has 0 fully saturated rings. The average molecular weight is 315 g/mol. The molecule has 2 aromatic rings. The van der Waals surface area contributed by atoms with E-state index in [4.69, 9.17) is 21.6 Å². The Hall–Kier alpha value is -2.51. The number of amides is 1. The molecule has 1 amide bonds. The monoisotopic (exact) mass is 314 g/mol. The van der Waals surface area contributed by atoms with Crippen molar-refractivity contribution in [2.45, 2.75) is 13.8 Å². The van der Waals surface area contributed by atoms with Gasteiger partial charge in [0.15, 0.2) is 6.61 Å². The van der Waals surface area contributed by atoms with Crippen LogP contribution < -0.4 is 10.1 Å². The number of carbonyl (C=O) groups is 1. The van der Waals surface area contributed by atoms with Crippen molar-refractivity contribution in [1.82, 2.24) is 0 Å². The van der Waals surface area contributed by atoms with E-state index in [1.807, 2.05) is 38.1 Å². The molecule has 0 aliphatic heterocycles. The quantitative estimate of drug-likeness (QED) is 0.932. The Morgan fingerprint density at radius 2 is 1.91 bits per heavy atom. The third kappa shape index (κ3) is 4.24. The highest BCUT2D eigenvalue weighted by molar-refractivity contribution is 6.32. The van der Waals surface area contributed by atoms with Crippen LogP contribution in [0.4, 0.5) is 5.69 Å². The maximum absolute atomic E-state index is 11.9. The van der Waals surface area contributed by atoms with E-state index in [9.17, 15) is 4.79 Å². The van der Waals surface area contributed by atoms with Gasteiger partial charge in [-0.3, -0.25) is 4.79 Å². The predicted molar refractivity (Wildman–Crippen MR) is 86.2 cm³/mol. The van der Waals surface area contributed by atoms with Crippen molar-refractivity contribution in [3.63, 3.8) is 0 Å². The summed E-state index contributed by atoms with van der Waals surface area (Å²) in [5.41, 5.74) is 3.33. The van der Waals surface area contributed by atoms with E-state index in [0.717, 1.165) is 16.8 Å². The van der Waals surface area contributed by atoms with Gasteiger partial charge in [0.2, 0.25) is 0 Å². The number of nitriles is 1. The summed E-state index contributed by atoms with van der Waals surface area (Å²) in [6, 6.07) is 12.5. The van der Waals surface area contributed by atoms with E-state index in [1.165, 1.54) is 6.07 Å². The molecule has 0 heterocycles. The van der Waals surface area contributed by atoms with Crippen LogP contribution in [0.2, 0.25) is 5.02 Å². The van der Waals surface area contributed by atoms with Crippen LogP contribution in [-0.2, 0) is 4.79 Å². The van der Waals surface area contributed by atoms with Crippen LogP contribution in [-0.4, -0.2) is 12.5 Å². The van der Waals surface area contributed by atoms with E-state index < -0.39 is 0 Å². The number of aryl methyl sites for hydroxylation is 2. The molecule has 112 valence electrons. The molecule has 2 rings (SSSR count). The lowest BCUT2D eigenvalue weighted by Gasteiger charge is -2.10. The Kier molecular flexibility index (Phi) is 5.03. The van der Waals surface area contributed by atoms with Crippen molar-refractivity contribution < 1.29 is 9.53 Å². The number of hydrogen-bond donors (Lipinski definition) is 1. The molecule has 0 aliphatic carbocycles. The van der Waals surface area contributed by atoms with Crippen LogP contribution >= 0.6 is 11.6 Å². The van der Waals surface area contributed by atoms with E-state index in [-0.39, 0.29) is 12.5 Å². The molecule has 1 N–H and O–H groups in total. The van der Waals surface area contributed by atoms with Crippen molar-refractivity contribution in [3.8, 4) is 11.8 Å². The molecule has 22 heavy (non-hydrogen) atoms. The van der Waals surface area contributed by atoms with Crippen LogP contribution in [0.5, 0.6) is 5.75 Å². The van der Waals surface area contributed by atoms with Gasteiger partial charge in [-0.25, -0.2) is 0 Å². The van der Waals surface area contributed by atoms with E-state index >= 15 is 0 Å². The number of nitrogens with one attached hydrogen (secondary N) is 1. The predicted octanol–water partition coefficient (Wildman–Crippen LogP) is 3.85. The van der Waals surface area contributed by atoms with Gasteiger partial charge in [0, 0.05) is 5.69 Å². The van der Waals surface area contributed by atoms with Crippen molar-refractivity contribution in [2.24, 2.45) is 0 Å². The summed E-state index contributed by atoms with van der Waals surface area (Å²) in [5, 5.41) is 11.8. The second-order valence-electron chi connectivity index (χ2n) is 4.97. The summed E-state index contributed by atoms with van der Waals surface area (Å²) < 4.78 is 5.38. The zero-order valence-electron chi connectivity index (χ0n) is 12.3. The number of rotatable bonds is 4. The number of benzene rings is 2. The van der Waals surface area contributed by atoms with Crippen LogP contribution in [0.3, 0.4) is 0 Å². The largest absolute Gasteiger partial charge is 0.482 e. The molecule has 0 aliphatic rings. The lowest BCUT2D eigenvalue weighted by Crippen LogP contribution is -2.20. The molecule has 0 atom stereocenters. The highest BCUT2D eigenvalue weighted by atomic mass is 35.5. The first kappa shape index (κ1) is 15.9. The minimum Gasteiger partial charge on any atom is -0.482 e. The molecular weight excluding hydrogens is 300 g/mol. The standard InChI is InChI=1S/C17H15ClN2O2/c1-11-5-12(2)7-14(6-11)20-17(21)10-22-16-4-3-13(9-19)8-15(16)18/h3-8H,10H2,1-2H3,(H,20,21). The van der Waals surface area contributed by atoms with Gasteiger partial charge in [0.1, 0.15) is 5.75 Å². The van der Waals surface area contributed by atoms with Crippen molar-refractivity contribution in [2.75, 3.05) is 11.9 Å². The van der Waals surface area contributed by atoms with Crippen LogP contribution in [0, 0.1) is 25.2 Å². The fraction of sp³-hybridized carbons (Fsp3) is 0.176. The SMILES string of the molecule is Cc1cc(C)cc(NC(=O)COc2ccc(C#N)cc2Cl)c1. The molecular formula is C17H15ClN2O2. The highest BCUT2D eigenvalue weighted by Gasteiger charge is 2.07. The number of halogens is 1. The fourth-order valence-corrected chi connectivity index (χ4v) is 2.31. The molecule has 2 aromatic carbocycles. The molecule has 4 nitrogen and oxygen atoms in total. The normalized spacial score (nSPS) is 9.91. The van der Waals surface area contributed by atoms with Crippen molar-refractivity contribution in [1.29, 1.82) is 5.26 Å². The summed E-state index contributed by atoms with van der Waals surface area (Å²) >= 11 is 5.99. The maximum atomic E-state index is 11.9. The van der Waals surface area contributed by atoms with Gasteiger partial charge in [-0.15, -0.1) is 0 Å². The first-order chi connectivity index (χ1) is 10.5. The van der Waals surface area contributed by atoms with Gasteiger partial charge in [-0.1, -0.05) is 17.7 Å². The fourth-order valence-electron chi connectivity index (χ4n) is 2.07. The smallest absolute Gasteiger partial charge is 0.262 e. The van der Waals surface area contributed by atoms with Crippen LogP contribution in [0.25, 0.3) is 0 Å². The third-order valence-electron chi connectivity index (χ3n) is 2.93. The van der Waals surface area contributed by atoms with Crippen molar-refractivity contribution >= 4 is 23.2 Å². The molecule has 0 saturated heterocycles. The van der Waals surface area contributed by atoms with Crippen LogP contribution in [0.15, 0.2) is 36.4 Å². The Morgan fingerprint density at radius 1 is 1.23 bits per heavy atom. The molecule has 0 bridgehead atoms. The summed E-state index contributed by atoms with van der Waals surface area (Å²) in [7, 11) is 0. The number of hydrogen-bond acceptors (Lipinski definition) is 3. The number of carbonyl (C=O) groups excluding carboxylic acids is 1. The summed E-state index contributed by atoms with van der Waals surface area (Å²) in [6.07, 6.45) is 0. The van der Waals surface area contributed by atoms with Crippen LogP contribution in [0.1, 0.15) is 16.7 Å². The molecule has 5 heteroatoms. The third-order valence-corrected chi connectivity index (χ3v) is 3.22. The van der Waals surface area contributed by atoms with Gasteiger partial charge >= 0.3 is 0 Å².